The first-order chi connectivity index (χ1) is 3.80. The van der Waals surface area contributed by atoms with Crippen LogP contribution in [0.4, 0.5) is 4.39 Å². The van der Waals surface area contributed by atoms with Crippen molar-refractivity contribution in [1.29, 1.82) is 0 Å². The summed E-state index contributed by atoms with van der Waals surface area (Å²) in [5.41, 5.74) is 0. The third-order valence-electron chi connectivity index (χ3n) is 0.970. The molecule has 0 unspecified atom stereocenters. The van der Waals surface area contributed by atoms with E-state index in [1.807, 2.05) is 0 Å². The first kappa shape index (κ1) is 5.28. The largest absolute Gasteiger partial charge is 0.350 e. The van der Waals surface area contributed by atoms with Gasteiger partial charge in [0.2, 0.25) is 0 Å². The molecular formula is C5H6FNO. The van der Waals surface area contributed by atoms with Crippen molar-refractivity contribution in [3.63, 3.8) is 0 Å². The van der Waals surface area contributed by atoms with Gasteiger partial charge in [-0.05, 0) is 12.5 Å². The molecule has 1 N–H and O–H groups in total. The highest BCUT2D eigenvalue weighted by Gasteiger charge is 2.09. The Hall–Kier alpha value is -0.860. The number of nitrogens with one attached hydrogen (secondary N) is 1. The maximum atomic E-state index is 12.0. The second-order valence-electron chi connectivity index (χ2n) is 1.60. The summed E-state index contributed by atoms with van der Waals surface area (Å²) in [5, 5.41) is 2.35. The number of hydrogen-bond donors (Lipinski definition) is 1. The van der Waals surface area contributed by atoms with Gasteiger partial charge in [-0.3, -0.25) is 4.79 Å². The zero-order chi connectivity index (χ0) is 5.98. The van der Waals surface area contributed by atoms with Crippen molar-refractivity contribution >= 4 is 5.91 Å². The number of hydrogen-bond acceptors (Lipinski definition) is 1. The van der Waals surface area contributed by atoms with E-state index < -0.39 is 11.7 Å². The summed E-state index contributed by atoms with van der Waals surface area (Å²) in [6.07, 6.45) is 1.90. The molecule has 0 bridgehead atoms. The summed E-state index contributed by atoms with van der Waals surface area (Å²) in [6.45, 7) is 0.562. The molecule has 0 radical (unpaired) electrons. The minimum absolute atomic E-state index is 0.562. The molecule has 1 aliphatic rings. The van der Waals surface area contributed by atoms with E-state index in [9.17, 15) is 9.18 Å². The molecule has 0 fully saturated rings. The van der Waals surface area contributed by atoms with Crippen LogP contribution in [-0.2, 0) is 4.79 Å². The average molecular weight is 115 g/mol. The Morgan fingerprint density at radius 3 is 2.88 bits per heavy atom. The number of rotatable bonds is 0. The number of carbonyl (C=O) groups is 1. The van der Waals surface area contributed by atoms with Crippen molar-refractivity contribution in [2.24, 2.45) is 0 Å². The average Bonchev–Trinajstić information content (AvgIpc) is 1.77. The lowest BCUT2D eigenvalue weighted by molar-refractivity contribution is -0.119. The van der Waals surface area contributed by atoms with Gasteiger partial charge >= 0.3 is 0 Å². The first-order valence-corrected chi connectivity index (χ1v) is 2.44. The molecule has 1 aliphatic heterocycles. The van der Waals surface area contributed by atoms with Crippen LogP contribution in [0, 0.1) is 0 Å². The molecule has 0 spiro atoms. The lowest BCUT2D eigenvalue weighted by Gasteiger charge is -2.05. The van der Waals surface area contributed by atoms with Gasteiger partial charge < -0.3 is 5.32 Å². The van der Waals surface area contributed by atoms with Gasteiger partial charge in [-0.15, -0.1) is 0 Å². The standard InChI is InChI=1S/C5H6FNO/c6-4-2-1-3-7-5(4)8/h2H,1,3H2,(H,7,8). The molecule has 2 nitrogen and oxygen atoms in total. The predicted molar refractivity (Wildman–Crippen MR) is 26.8 cm³/mol. The lowest BCUT2D eigenvalue weighted by Crippen LogP contribution is -2.27. The monoisotopic (exact) mass is 115 g/mol. The summed E-state index contributed by atoms with van der Waals surface area (Å²) in [5.74, 6) is -1.24. The van der Waals surface area contributed by atoms with Crippen molar-refractivity contribution < 1.29 is 9.18 Å². The highest BCUT2D eigenvalue weighted by Crippen LogP contribution is 2.01. The van der Waals surface area contributed by atoms with E-state index in [4.69, 9.17) is 0 Å². The minimum Gasteiger partial charge on any atom is -0.350 e. The Kier molecular flexibility index (Phi) is 1.28. The van der Waals surface area contributed by atoms with Gasteiger partial charge in [0, 0.05) is 6.54 Å². The molecule has 44 valence electrons. The molecule has 0 atom stereocenters. The van der Waals surface area contributed by atoms with Crippen molar-refractivity contribution in [2.75, 3.05) is 6.54 Å². The molecule has 0 aromatic heterocycles. The molecule has 0 aromatic rings. The van der Waals surface area contributed by atoms with Gasteiger partial charge in [0.15, 0.2) is 5.83 Å². The van der Waals surface area contributed by atoms with Crippen LogP contribution >= 0.6 is 0 Å². The van der Waals surface area contributed by atoms with Crippen molar-refractivity contribution in [3.05, 3.63) is 11.9 Å². The van der Waals surface area contributed by atoms with Crippen LogP contribution in [0.5, 0.6) is 0 Å². The van der Waals surface area contributed by atoms with Crippen LogP contribution in [0.2, 0.25) is 0 Å². The third kappa shape index (κ3) is 0.857. The van der Waals surface area contributed by atoms with E-state index in [1.54, 1.807) is 0 Å². The maximum Gasteiger partial charge on any atom is 0.279 e. The fraction of sp³-hybridized carbons (Fsp3) is 0.400. The summed E-state index contributed by atoms with van der Waals surface area (Å²) in [6, 6.07) is 0. The Bertz CT molecular complexity index is 141. The van der Waals surface area contributed by atoms with Crippen molar-refractivity contribution in [3.8, 4) is 0 Å². The molecule has 0 saturated heterocycles. The quantitative estimate of drug-likeness (QED) is 0.485. The molecular weight excluding hydrogens is 109 g/mol. The topological polar surface area (TPSA) is 29.1 Å². The SMILES string of the molecule is O=C1NCCC=C1F. The summed E-state index contributed by atoms with van der Waals surface area (Å²) < 4.78 is 12.0. The van der Waals surface area contributed by atoms with Gasteiger partial charge in [0.05, 0.1) is 0 Å². The van der Waals surface area contributed by atoms with Crippen molar-refractivity contribution in [1.82, 2.24) is 5.32 Å². The maximum absolute atomic E-state index is 12.0. The van der Waals surface area contributed by atoms with Crippen LogP contribution in [0.15, 0.2) is 11.9 Å². The summed E-state index contributed by atoms with van der Waals surface area (Å²) in [7, 11) is 0. The number of amides is 1. The van der Waals surface area contributed by atoms with E-state index in [-0.39, 0.29) is 0 Å². The molecule has 1 heterocycles. The molecule has 1 amide bonds. The van der Waals surface area contributed by atoms with Crippen LogP contribution in [-0.4, -0.2) is 12.5 Å². The first-order valence-electron chi connectivity index (χ1n) is 2.44. The van der Waals surface area contributed by atoms with Gasteiger partial charge in [-0.2, -0.15) is 0 Å². The van der Waals surface area contributed by atoms with Crippen LogP contribution in [0.25, 0.3) is 0 Å². The highest BCUT2D eigenvalue weighted by molar-refractivity contribution is 5.91. The van der Waals surface area contributed by atoms with Crippen LogP contribution in [0.3, 0.4) is 0 Å². The second kappa shape index (κ2) is 1.94. The Morgan fingerprint density at radius 1 is 1.75 bits per heavy atom. The van der Waals surface area contributed by atoms with E-state index in [1.165, 1.54) is 6.08 Å². The molecule has 1 rings (SSSR count). The van der Waals surface area contributed by atoms with E-state index in [0.29, 0.717) is 13.0 Å². The summed E-state index contributed by atoms with van der Waals surface area (Å²) >= 11 is 0. The molecule has 0 saturated carbocycles. The lowest BCUT2D eigenvalue weighted by atomic mass is 10.3. The van der Waals surface area contributed by atoms with Gasteiger partial charge in [-0.1, -0.05) is 0 Å². The Morgan fingerprint density at radius 2 is 2.50 bits per heavy atom. The smallest absolute Gasteiger partial charge is 0.279 e. The third-order valence-corrected chi connectivity index (χ3v) is 0.970. The molecule has 0 aromatic carbocycles. The predicted octanol–water partition coefficient (Wildman–Crippen LogP) is 0.360. The van der Waals surface area contributed by atoms with E-state index >= 15 is 0 Å². The molecule has 3 heteroatoms. The number of halogens is 1. The van der Waals surface area contributed by atoms with Gasteiger partial charge in [0.1, 0.15) is 0 Å². The summed E-state index contributed by atoms with van der Waals surface area (Å²) in [4.78, 5) is 10.2. The molecule has 8 heavy (non-hydrogen) atoms. The fourth-order valence-electron chi connectivity index (χ4n) is 0.562. The Labute approximate surface area is 46.4 Å². The van der Waals surface area contributed by atoms with E-state index in [0.717, 1.165) is 0 Å². The minimum atomic E-state index is -0.656. The second-order valence-corrected chi connectivity index (χ2v) is 1.60. The number of carbonyl (C=O) groups excluding carboxylic acids is 1. The van der Waals surface area contributed by atoms with Crippen LogP contribution in [0.1, 0.15) is 6.42 Å². The normalized spacial score (nSPS) is 19.6. The zero-order valence-electron chi connectivity index (χ0n) is 4.28. The zero-order valence-corrected chi connectivity index (χ0v) is 4.28. The van der Waals surface area contributed by atoms with Crippen molar-refractivity contribution in [2.45, 2.75) is 6.42 Å². The van der Waals surface area contributed by atoms with Crippen LogP contribution < -0.4 is 5.32 Å². The molecule has 0 aliphatic carbocycles. The van der Waals surface area contributed by atoms with E-state index in [2.05, 4.69) is 5.32 Å². The van der Waals surface area contributed by atoms with Gasteiger partial charge in [0.25, 0.3) is 5.91 Å². The Balaban J connectivity index is 2.67. The van der Waals surface area contributed by atoms with Gasteiger partial charge in [-0.25, -0.2) is 4.39 Å². The fourth-order valence-corrected chi connectivity index (χ4v) is 0.562. The highest BCUT2D eigenvalue weighted by atomic mass is 19.1.